The van der Waals surface area contributed by atoms with Crippen molar-refractivity contribution < 1.29 is 14.6 Å². The Morgan fingerprint density at radius 3 is 2.62 bits per heavy atom. The molecule has 21 heavy (non-hydrogen) atoms. The van der Waals surface area contributed by atoms with Crippen LogP contribution < -0.4 is 4.74 Å². The zero-order valence-electron chi connectivity index (χ0n) is 12.7. The lowest BCUT2D eigenvalue weighted by molar-refractivity contribution is 0.0691. The average Bonchev–Trinajstić information content (AvgIpc) is 2.44. The van der Waals surface area contributed by atoms with Gasteiger partial charge in [0.1, 0.15) is 11.3 Å². The van der Waals surface area contributed by atoms with Crippen LogP contribution in [0, 0.1) is 0 Å². The first kappa shape index (κ1) is 15.3. The van der Waals surface area contributed by atoms with E-state index in [0.717, 1.165) is 18.4 Å². The molecule has 2 aromatic carbocycles. The zero-order chi connectivity index (χ0) is 15.4. The molecule has 0 aliphatic carbocycles. The summed E-state index contributed by atoms with van der Waals surface area (Å²) in [5.41, 5.74) is 0.241. The highest BCUT2D eigenvalue weighted by molar-refractivity contribution is 6.06. The van der Waals surface area contributed by atoms with Crippen LogP contribution >= 0.6 is 0 Å². The topological polar surface area (TPSA) is 49.8 Å². The molecule has 0 spiro atoms. The molecule has 0 aliphatic heterocycles. The average molecular weight is 287 g/mol. The van der Waals surface area contributed by atoms with E-state index in [-0.39, 0.29) is 11.7 Å². The van der Waals surface area contributed by atoms with Crippen molar-refractivity contribution in [2.24, 2.45) is 0 Å². The summed E-state index contributed by atoms with van der Waals surface area (Å²) in [7, 11) is 4.01. The molecule has 0 fully saturated rings. The summed E-state index contributed by atoms with van der Waals surface area (Å²) in [5, 5.41) is 11.1. The van der Waals surface area contributed by atoms with Crippen molar-refractivity contribution in [2.75, 3.05) is 20.6 Å². The zero-order valence-corrected chi connectivity index (χ0v) is 12.7. The molecular formula is C17H21NO3. The number of hydrogen-bond donors (Lipinski definition) is 1. The molecule has 0 saturated carbocycles. The first-order valence-electron chi connectivity index (χ1n) is 7.05. The van der Waals surface area contributed by atoms with E-state index in [1.54, 1.807) is 6.07 Å². The highest BCUT2D eigenvalue weighted by Crippen LogP contribution is 2.29. The van der Waals surface area contributed by atoms with Crippen molar-refractivity contribution >= 4 is 16.7 Å². The van der Waals surface area contributed by atoms with Crippen LogP contribution in [0.3, 0.4) is 0 Å². The fraction of sp³-hybridized carbons (Fsp3) is 0.353. The lowest BCUT2D eigenvalue weighted by Crippen LogP contribution is -2.22. The number of carbonyl (C=O) groups is 1. The number of nitrogens with zero attached hydrogens (tertiary/aromatic N) is 1. The number of hydrogen-bond acceptors (Lipinski definition) is 3. The van der Waals surface area contributed by atoms with Crippen molar-refractivity contribution in [1.82, 2.24) is 4.90 Å². The van der Waals surface area contributed by atoms with Crippen LogP contribution in [0.1, 0.15) is 23.7 Å². The standard InChI is InChI=1S/C17H21NO3/c1-12(10-11-18(2)3)21-15-9-8-13-6-4-5-7-14(13)16(15)17(19)20/h4-9,12H,10-11H2,1-3H3,(H,19,20). The van der Waals surface area contributed by atoms with Crippen LogP contribution in [-0.2, 0) is 0 Å². The molecule has 4 nitrogen and oxygen atoms in total. The van der Waals surface area contributed by atoms with E-state index in [1.807, 2.05) is 51.4 Å². The number of carboxylic acid groups (broad SMARTS) is 1. The van der Waals surface area contributed by atoms with Crippen molar-refractivity contribution in [3.05, 3.63) is 42.0 Å². The Kier molecular flexibility index (Phi) is 4.81. The largest absolute Gasteiger partial charge is 0.490 e. The molecule has 1 unspecified atom stereocenters. The first-order chi connectivity index (χ1) is 9.99. The number of carboxylic acids is 1. The Bertz CT molecular complexity index is 637. The molecule has 4 heteroatoms. The molecular weight excluding hydrogens is 266 g/mol. The van der Waals surface area contributed by atoms with Gasteiger partial charge in [0.2, 0.25) is 0 Å². The minimum atomic E-state index is -0.957. The summed E-state index contributed by atoms with van der Waals surface area (Å²) in [5.74, 6) is -0.519. The molecule has 0 bridgehead atoms. The van der Waals surface area contributed by atoms with Gasteiger partial charge in [0.25, 0.3) is 0 Å². The van der Waals surface area contributed by atoms with Crippen LogP contribution in [0.5, 0.6) is 5.75 Å². The fourth-order valence-electron chi connectivity index (χ4n) is 2.29. The van der Waals surface area contributed by atoms with Crippen molar-refractivity contribution in [3.8, 4) is 5.75 Å². The van der Waals surface area contributed by atoms with Crippen LogP contribution in [0.25, 0.3) is 10.8 Å². The van der Waals surface area contributed by atoms with E-state index in [1.165, 1.54) is 0 Å². The highest BCUT2D eigenvalue weighted by Gasteiger charge is 2.17. The number of aromatic carboxylic acids is 1. The second-order valence-electron chi connectivity index (χ2n) is 5.49. The molecule has 0 aromatic heterocycles. The summed E-state index contributed by atoms with van der Waals surface area (Å²) in [6.45, 7) is 2.86. The van der Waals surface area contributed by atoms with Gasteiger partial charge >= 0.3 is 5.97 Å². The Morgan fingerprint density at radius 1 is 1.24 bits per heavy atom. The summed E-state index contributed by atoms with van der Waals surface area (Å²) < 4.78 is 5.86. The van der Waals surface area contributed by atoms with Gasteiger partial charge in [0.15, 0.2) is 0 Å². The fourth-order valence-corrected chi connectivity index (χ4v) is 2.29. The number of rotatable bonds is 6. The molecule has 0 heterocycles. The summed E-state index contributed by atoms with van der Waals surface area (Å²) in [6, 6.07) is 11.1. The minimum Gasteiger partial charge on any atom is -0.490 e. The van der Waals surface area contributed by atoms with Gasteiger partial charge in [-0.1, -0.05) is 30.3 Å². The van der Waals surface area contributed by atoms with Gasteiger partial charge in [-0.25, -0.2) is 4.79 Å². The molecule has 0 amide bonds. The predicted octanol–water partition coefficient (Wildman–Crippen LogP) is 3.26. The van der Waals surface area contributed by atoms with Crippen LogP contribution in [0.15, 0.2) is 36.4 Å². The number of ether oxygens (including phenoxy) is 1. The molecule has 0 aliphatic rings. The van der Waals surface area contributed by atoms with Gasteiger partial charge in [-0.3, -0.25) is 0 Å². The Hall–Kier alpha value is -2.07. The van der Waals surface area contributed by atoms with Crippen LogP contribution in [0.4, 0.5) is 0 Å². The van der Waals surface area contributed by atoms with E-state index in [0.29, 0.717) is 11.1 Å². The Balaban J connectivity index is 2.31. The van der Waals surface area contributed by atoms with Gasteiger partial charge in [0, 0.05) is 6.54 Å². The summed E-state index contributed by atoms with van der Waals surface area (Å²) in [4.78, 5) is 13.7. The molecule has 112 valence electrons. The van der Waals surface area contributed by atoms with Gasteiger partial charge in [-0.2, -0.15) is 0 Å². The second kappa shape index (κ2) is 6.59. The third kappa shape index (κ3) is 3.73. The number of benzene rings is 2. The van der Waals surface area contributed by atoms with E-state index >= 15 is 0 Å². The van der Waals surface area contributed by atoms with E-state index in [9.17, 15) is 9.90 Å². The van der Waals surface area contributed by atoms with E-state index in [4.69, 9.17) is 4.74 Å². The van der Waals surface area contributed by atoms with Gasteiger partial charge < -0.3 is 14.7 Å². The second-order valence-corrected chi connectivity index (χ2v) is 5.49. The quantitative estimate of drug-likeness (QED) is 0.886. The molecule has 2 aromatic rings. The molecule has 0 radical (unpaired) electrons. The maximum absolute atomic E-state index is 11.6. The Morgan fingerprint density at radius 2 is 1.95 bits per heavy atom. The first-order valence-corrected chi connectivity index (χ1v) is 7.05. The van der Waals surface area contributed by atoms with Crippen molar-refractivity contribution in [1.29, 1.82) is 0 Å². The van der Waals surface area contributed by atoms with Gasteiger partial charge in [-0.05, 0) is 44.3 Å². The molecule has 2 rings (SSSR count). The predicted molar refractivity (Wildman–Crippen MR) is 84.2 cm³/mol. The maximum atomic E-state index is 11.6. The summed E-state index contributed by atoms with van der Waals surface area (Å²) in [6.07, 6.45) is 0.811. The Labute approximate surface area is 124 Å². The van der Waals surface area contributed by atoms with Crippen molar-refractivity contribution in [2.45, 2.75) is 19.4 Å². The third-order valence-corrected chi connectivity index (χ3v) is 3.42. The lowest BCUT2D eigenvalue weighted by Gasteiger charge is -2.19. The lowest BCUT2D eigenvalue weighted by atomic mass is 10.0. The monoisotopic (exact) mass is 287 g/mol. The van der Waals surface area contributed by atoms with Crippen LogP contribution in [0.2, 0.25) is 0 Å². The molecule has 1 N–H and O–H groups in total. The maximum Gasteiger partial charge on any atom is 0.340 e. The van der Waals surface area contributed by atoms with Gasteiger partial charge in [-0.15, -0.1) is 0 Å². The molecule has 0 saturated heterocycles. The number of fused-ring (bicyclic) bond motifs is 1. The van der Waals surface area contributed by atoms with Crippen molar-refractivity contribution in [3.63, 3.8) is 0 Å². The van der Waals surface area contributed by atoms with Gasteiger partial charge in [0.05, 0.1) is 6.10 Å². The normalized spacial score (nSPS) is 12.6. The van der Waals surface area contributed by atoms with E-state index in [2.05, 4.69) is 4.90 Å². The van der Waals surface area contributed by atoms with E-state index < -0.39 is 5.97 Å². The minimum absolute atomic E-state index is 0.0355. The smallest absolute Gasteiger partial charge is 0.340 e. The highest BCUT2D eigenvalue weighted by atomic mass is 16.5. The third-order valence-electron chi connectivity index (χ3n) is 3.42. The van der Waals surface area contributed by atoms with Crippen LogP contribution in [-0.4, -0.2) is 42.7 Å². The molecule has 1 atom stereocenters. The summed E-state index contributed by atoms with van der Waals surface area (Å²) >= 11 is 0. The SMILES string of the molecule is CC(CCN(C)C)Oc1ccc2ccccc2c1C(=O)O.